The Balaban J connectivity index is 1.67. The van der Waals surface area contributed by atoms with Crippen molar-refractivity contribution in [3.63, 3.8) is 0 Å². The first-order valence-corrected chi connectivity index (χ1v) is 15.5. The summed E-state index contributed by atoms with van der Waals surface area (Å²) >= 11 is 0. The summed E-state index contributed by atoms with van der Waals surface area (Å²) in [5.74, 6) is -0.496. The number of nitrogens with zero attached hydrogens (tertiary/aromatic N) is 3. The number of carbonyl (C=O) groups is 3. The van der Waals surface area contributed by atoms with Crippen LogP contribution in [0.25, 0.3) is 0 Å². The molecule has 42 heavy (non-hydrogen) atoms. The van der Waals surface area contributed by atoms with E-state index in [1.165, 1.54) is 0 Å². The van der Waals surface area contributed by atoms with Crippen molar-refractivity contribution >= 4 is 18.2 Å². The van der Waals surface area contributed by atoms with Gasteiger partial charge in [0.05, 0.1) is 6.61 Å². The topological polar surface area (TPSA) is 109 Å². The Morgan fingerprint density at radius 1 is 1.07 bits per heavy atom. The molecule has 236 valence electrons. The molecule has 2 amide bonds. The summed E-state index contributed by atoms with van der Waals surface area (Å²) in [7, 11) is 2.02. The number of carbonyl (C=O) groups excluding carboxylic acids is 3. The van der Waals surface area contributed by atoms with E-state index in [1.54, 1.807) is 22.8 Å². The van der Waals surface area contributed by atoms with Gasteiger partial charge in [0.1, 0.15) is 11.7 Å². The molecule has 0 aromatic heterocycles. The van der Waals surface area contributed by atoms with Gasteiger partial charge >= 0.3 is 18.2 Å². The van der Waals surface area contributed by atoms with E-state index >= 15 is 0 Å². The molecular formula is C32H51N3O7. The summed E-state index contributed by atoms with van der Waals surface area (Å²) in [4.78, 5) is 43.4. The number of amides is 2. The monoisotopic (exact) mass is 589 g/mol. The third kappa shape index (κ3) is 10.5. The minimum absolute atomic E-state index is 0.0229. The van der Waals surface area contributed by atoms with Crippen molar-refractivity contribution in [2.45, 2.75) is 84.0 Å². The number of piperazine rings is 1. The zero-order valence-corrected chi connectivity index (χ0v) is 26.1. The van der Waals surface area contributed by atoms with Crippen molar-refractivity contribution in [2.75, 3.05) is 52.9 Å². The average Bonchev–Trinajstić information content (AvgIpc) is 3.50. The lowest BCUT2D eigenvalue weighted by atomic mass is 9.89. The minimum atomic E-state index is -1.28. The largest absolute Gasteiger partial charge is 0.457 e. The number of allylic oxidation sites excluding steroid dienone is 2. The number of hydrogen-bond acceptors (Lipinski definition) is 8. The van der Waals surface area contributed by atoms with Gasteiger partial charge in [-0.05, 0) is 64.6 Å². The predicted octanol–water partition coefficient (Wildman–Crippen LogP) is 4.54. The Morgan fingerprint density at radius 3 is 2.43 bits per heavy atom. The van der Waals surface area contributed by atoms with Crippen LogP contribution in [0, 0.1) is 11.8 Å². The molecule has 0 bridgehead atoms. The first-order valence-electron chi connectivity index (χ1n) is 15.5. The highest BCUT2D eigenvalue weighted by Gasteiger charge is 2.35. The maximum absolute atomic E-state index is 13.0. The number of ether oxygens (including phenoxy) is 3. The van der Waals surface area contributed by atoms with Gasteiger partial charge in [0.2, 0.25) is 0 Å². The van der Waals surface area contributed by atoms with Crippen LogP contribution in [-0.4, -0.2) is 109 Å². The lowest BCUT2D eigenvalue weighted by molar-refractivity contribution is -0.149. The fourth-order valence-corrected chi connectivity index (χ4v) is 5.37. The van der Waals surface area contributed by atoms with Gasteiger partial charge in [0.25, 0.3) is 0 Å². The molecule has 0 radical (unpaired) electrons. The molecular weight excluding hydrogens is 538 g/mol. The van der Waals surface area contributed by atoms with Crippen LogP contribution >= 0.6 is 0 Å². The van der Waals surface area contributed by atoms with Gasteiger partial charge in [-0.15, -0.1) is 0 Å². The van der Waals surface area contributed by atoms with Crippen LogP contribution in [-0.2, 0) is 19.0 Å². The summed E-state index contributed by atoms with van der Waals surface area (Å²) in [6.45, 7) is 12.1. The fraction of sp³-hybridized carbons (Fsp3) is 0.719. The van der Waals surface area contributed by atoms with E-state index in [-0.39, 0.29) is 30.3 Å². The molecule has 0 spiro atoms. The number of likely N-dealkylation sites (N-methyl/N-ethyl adjacent to an activating group) is 1. The molecule has 5 atom stereocenters. The Labute approximate surface area is 251 Å². The molecule has 0 aliphatic carbocycles. The Bertz CT molecular complexity index is 994. The highest BCUT2D eigenvalue weighted by Crippen LogP contribution is 2.27. The van der Waals surface area contributed by atoms with Crippen molar-refractivity contribution in [3.05, 3.63) is 36.0 Å². The van der Waals surface area contributed by atoms with Crippen LogP contribution in [0.2, 0.25) is 0 Å². The number of esters is 1. The number of likely N-dealkylation sites (tertiary alicyclic amines) is 1. The smallest absolute Gasteiger partial charge is 0.410 e. The molecule has 10 heteroatoms. The molecule has 0 unspecified atom stereocenters. The second-order valence-electron chi connectivity index (χ2n) is 12.4. The number of hydrogen-bond donors (Lipinski definition) is 1. The first kappa shape index (κ1) is 33.6. The van der Waals surface area contributed by atoms with Gasteiger partial charge in [-0.25, -0.2) is 9.59 Å². The van der Waals surface area contributed by atoms with Gasteiger partial charge in [-0.2, -0.15) is 0 Å². The summed E-state index contributed by atoms with van der Waals surface area (Å²) in [6, 6.07) is 0. The van der Waals surface area contributed by atoms with E-state index in [0.29, 0.717) is 39.0 Å². The molecule has 0 saturated carbocycles. The van der Waals surface area contributed by atoms with E-state index in [0.717, 1.165) is 44.6 Å². The first-order chi connectivity index (χ1) is 20.0. The second kappa shape index (κ2) is 16.1. The quantitative estimate of drug-likeness (QED) is 0.208. The van der Waals surface area contributed by atoms with Crippen LogP contribution in [0.3, 0.4) is 0 Å². The van der Waals surface area contributed by atoms with E-state index in [9.17, 15) is 19.5 Å². The van der Waals surface area contributed by atoms with Crippen molar-refractivity contribution in [1.82, 2.24) is 14.7 Å². The molecule has 2 fully saturated rings. The summed E-state index contributed by atoms with van der Waals surface area (Å²) < 4.78 is 17.2. The van der Waals surface area contributed by atoms with Crippen LogP contribution < -0.4 is 0 Å². The van der Waals surface area contributed by atoms with Gasteiger partial charge in [0.15, 0.2) is 6.10 Å². The van der Waals surface area contributed by atoms with Crippen molar-refractivity contribution < 1.29 is 33.7 Å². The third-order valence-electron chi connectivity index (χ3n) is 8.32. The predicted molar refractivity (Wildman–Crippen MR) is 161 cm³/mol. The molecule has 0 aromatic carbocycles. The Kier molecular flexibility index (Phi) is 12.9. The molecule has 0 aromatic rings. The number of rotatable bonds is 6. The molecule has 3 aliphatic rings. The van der Waals surface area contributed by atoms with E-state index < -0.39 is 23.9 Å². The minimum Gasteiger partial charge on any atom is -0.457 e. The maximum atomic E-state index is 13.0. The highest BCUT2D eigenvalue weighted by atomic mass is 16.6. The Hall–Kier alpha value is -2.85. The summed E-state index contributed by atoms with van der Waals surface area (Å²) in [5, 5.41) is 11.3. The van der Waals surface area contributed by atoms with Crippen LogP contribution in [0.1, 0.15) is 66.2 Å². The average molecular weight is 590 g/mol. The maximum Gasteiger partial charge on any atom is 0.410 e. The zero-order chi connectivity index (χ0) is 30.7. The third-order valence-corrected chi connectivity index (χ3v) is 8.32. The van der Waals surface area contributed by atoms with E-state index in [4.69, 9.17) is 14.2 Å². The number of aliphatic hydroxyl groups is 1. The molecule has 1 N–H and O–H groups in total. The lowest BCUT2D eigenvalue weighted by Crippen LogP contribution is -2.50. The Morgan fingerprint density at radius 2 is 1.74 bits per heavy atom. The zero-order valence-electron chi connectivity index (χ0n) is 26.1. The van der Waals surface area contributed by atoms with Crippen molar-refractivity contribution in [1.29, 1.82) is 0 Å². The van der Waals surface area contributed by atoms with Crippen molar-refractivity contribution in [2.24, 2.45) is 11.8 Å². The number of cyclic esters (lactones) is 1. The molecule has 2 saturated heterocycles. The van der Waals surface area contributed by atoms with Crippen molar-refractivity contribution in [3.8, 4) is 0 Å². The van der Waals surface area contributed by atoms with Gasteiger partial charge in [-0.3, -0.25) is 4.79 Å². The van der Waals surface area contributed by atoms with E-state index in [1.807, 2.05) is 52.1 Å². The van der Waals surface area contributed by atoms with Gasteiger partial charge < -0.3 is 34.0 Å². The summed E-state index contributed by atoms with van der Waals surface area (Å²) in [5.41, 5.74) is -0.424. The molecule has 10 nitrogen and oxygen atoms in total. The van der Waals surface area contributed by atoms with Gasteiger partial charge in [0, 0.05) is 57.5 Å². The molecule has 3 aliphatic heterocycles. The van der Waals surface area contributed by atoms with E-state index in [2.05, 4.69) is 4.90 Å². The standard InChI is InChI=1S/C32H51N3O7/c1-24(23-40-30(37)34-17-8-9-18-34)11-10-12-25(2)29-26(3)14-15-27(32(4,39)16-7-6-13-28(36)42-29)41-31(38)35-21-19-33(5)20-22-35/h10-12,14-15,24,26-27,29,39H,6-9,13,16-23H2,1-5H3/b11-10+,15-14-,25-12+/t24-,26+,27+,29-,32-/m1/s1. The highest BCUT2D eigenvalue weighted by molar-refractivity contribution is 5.70. The lowest BCUT2D eigenvalue weighted by Gasteiger charge is -2.36. The van der Waals surface area contributed by atoms with Crippen LogP contribution in [0.5, 0.6) is 0 Å². The SMILES string of the molecule is C/C(=C\C=C\[C@@H](C)COC(=O)N1CCCC1)[C@H]1OC(=O)CCCC[C@@](C)(O)[C@@H](OC(=O)N2CCN(C)CC2)/C=C\[C@@H]1C. The van der Waals surface area contributed by atoms with Gasteiger partial charge in [-0.1, -0.05) is 38.2 Å². The molecule has 3 heterocycles. The second-order valence-corrected chi connectivity index (χ2v) is 12.4. The fourth-order valence-electron chi connectivity index (χ4n) is 5.37. The van der Waals surface area contributed by atoms with Crippen LogP contribution in [0.15, 0.2) is 36.0 Å². The molecule has 3 rings (SSSR count). The summed E-state index contributed by atoms with van der Waals surface area (Å²) in [6.07, 6.45) is 11.2. The normalized spacial score (nSPS) is 30.3. The van der Waals surface area contributed by atoms with Crippen LogP contribution in [0.4, 0.5) is 9.59 Å².